The van der Waals surface area contributed by atoms with E-state index in [0.717, 1.165) is 12.5 Å². The van der Waals surface area contributed by atoms with Crippen LogP contribution in [-0.4, -0.2) is 16.8 Å². The summed E-state index contributed by atoms with van der Waals surface area (Å²) in [7, 11) is 1.98. The maximum atomic E-state index is 4.49. The molecule has 16 heavy (non-hydrogen) atoms. The highest BCUT2D eigenvalue weighted by Crippen LogP contribution is 2.33. The molecular weight excluding hydrogens is 198 g/mol. The topological polar surface area (TPSA) is 29.9 Å². The Morgan fingerprint density at radius 2 is 2.12 bits per heavy atom. The summed E-state index contributed by atoms with van der Waals surface area (Å²) >= 11 is 0. The van der Waals surface area contributed by atoms with Crippen LogP contribution in [0.1, 0.15) is 50.6 Å². The highest BCUT2D eigenvalue weighted by Gasteiger charge is 2.21. The van der Waals surface area contributed by atoms with Gasteiger partial charge in [0.05, 0.1) is 12.2 Å². The maximum absolute atomic E-state index is 4.49. The van der Waals surface area contributed by atoms with Gasteiger partial charge in [0.25, 0.3) is 0 Å². The molecule has 0 radical (unpaired) electrons. The lowest BCUT2D eigenvalue weighted by Gasteiger charge is -2.27. The molecule has 1 saturated carbocycles. The Balaban J connectivity index is 1.92. The van der Waals surface area contributed by atoms with Gasteiger partial charge < -0.3 is 5.32 Å². The number of nitrogens with zero attached hydrogens (tertiary/aromatic N) is 2. The van der Waals surface area contributed by atoms with E-state index in [4.69, 9.17) is 0 Å². The lowest BCUT2D eigenvalue weighted by atomic mass is 9.85. The summed E-state index contributed by atoms with van der Waals surface area (Å²) in [5.41, 5.74) is 1.29. The summed E-state index contributed by atoms with van der Waals surface area (Å²) < 4.78 is 2.18. The molecule has 3 nitrogen and oxygen atoms in total. The first kappa shape index (κ1) is 11.6. The minimum Gasteiger partial charge on any atom is -0.316 e. The van der Waals surface area contributed by atoms with Gasteiger partial charge in [0, 0.05) is 18.3 Å². The quantitative estimate of drug-likeness (QED) is 0.847. The molecule has 1 aromatic rings. The van der Waals surface area contributed by atoms with Crippen LogP contribution < -0.4 is 5.32 Å². The van der Waals surface area contributed by atoms with Gasteiger partial charge >= 0.3 is 0 Å². The van der Waals surface area contributed by atoms with Gasteiger partial charge in [-0.15, -0.1) is 0 Å². The van der Waals surface area contributed by atoms with Gasteiger partial charge in [-0.1, -0.05) is 13.3 Å². The standard InChI is InChI=1S/C13H23N3/c1-3-11-4-6-13(7-5-11)16-10-12(8-14-2)9-15-16/h9-11,13-14H,3-8H2,1-2H3. The van der Waals surface area contributed by atoms with Crippen molar-refractivity contribution in [2.75, 3.05) is 7.05 Å². The van der Waals surface area contributed by atoms with Crippen molar-refractivity contribution in [2.45, 2.75) is 51.6 Å². The van der Waals surface area contributed by atoms with E-state index in [1.807, 2.05) is 13.2 Å². The smallest absolute Gasteiger partial charge is 0.0534 e. The summed E-state index contributed by atoms with van der Waals surface area (Å²) in [5, 5.41) is 7.65. The number of hydrogen-bond acceptors (Lipinski definition) is 2. The Kier molecular flexibility index (Phi) is 3.99. The number of rotatable bonds is 4. The molecule has 1 aromatic heterocycles. The van der Waals surface area contributed by atoms with E-state index in [9.17, 15) is 0 Å². The monoisotopic (exact) mass is 221 g/mol. The normalized spacial score (nSPS) is 25.9. The lowest BCUT2D eigenvalue weighted by molar-refractivity contribution is 0.256. The predicted molar refractivity (Wildman–Crippen MR) is 66.3 cm³/mol. The minimum atomic E-state index is 0.647. The first-order valence-corrected chi connectivity index (χ1v) is 6.51. The lowest BCUT2D eigenvalue weighted by Crippen LogP contribution is -2.18. The summed E-state index contributed by atoms with van der Waals surface area (Å²) in [6.07, 6.45) is 10.9. The van der Waals surface area contributed by atoms with Crippen molar-refractivity contribution in [2.24, 2.45) is 5.92 Å². The van der Waals surface area contributed by atoms with Crippen molar-refractivity contribution in [1.82, 2.24) is 15.1 Å². The number of nitrogens with one attached hydrogen (secondary N) is 1. The Hall–Kier alpha value is -0.830. The summed E-state index contributed by atoms with van der Waals surface area (Å²) in [4.78, 5) is 0. The van der Waals surface area contributed by atoms with Crippen LogP contribution in [0.25, 0.3) is 0 Å². The largest absolute Gasteiger partial charge is 0.316 e. The van der Waals surface area contributed by atoms with Crippen LogP contribution in [0.3, 0.4) is 0 Å². The van der Waals surface area contributed by atoms with Gasteiger partial charge in [-0.25, -0.2) is 0 Å². The zero-order valence-electron chi connectivity index (χ0n) is 10.4. The number of hydrogen-bond donors (Lipinski definition) is 1. The zero-order valence-corrected chi connectivity index (χ0v) is 10.4. The molecular formula is C13H23N3. The summed E-state index contributed by atoms with van der Waals surface area (Å²) in [5.74, 6) is 0.962. The van der Waals surface area contributed by atoms with Gasteiger partial charge in [0.1, 0.15) is 0 Å². The first-order chi connectivity index (χ1) is 7.83. The van der Waals surface area contributed by atoms with Crippen LogP contribution in [-0.2, 0) is 6.54 Å². The van der Waals surface area contributed by atoms with Gasteiger partial charge in [-0.05, 0) is 38.6 Å². The van der Waals surface area contributed by atoms with Crippen LogP contribution >= 0.6 is 0 Å². The van der Waals surface area contributed by atoms with Crippen molar-refractivity contribution in [3.05, 3.63) is 18.0 Å². The third-order valence-electron chi connectivity index (χ3n) is 3.80. The van der Waals surface area contributed by atoms with Crippen LogP contribution in [0.2, 0.25) is 0 Å². The molecule has 1 fully saturated rings. The first-order valence-electron chi connectivity index (χ1n) is 6.51. The van der Waals surface area contributed by atoms with Crippen LogP contribution in [0.4, 0.5) is 0 Å². The van der Waals surface area contributed by atoms with Gasteiger partial charge in [-0.2, -0.15) is 5.10 Å². The average molecular weight is 221 g/mol. The molecule has 0 unspecified atom stereocenters. The second-order valence-corrected chi connectivity index (χ2v) is 4.94. The number of aromatic nitrogens is 2. The average Bonchev–Trinajstić information content (AvgIpc) is 2.78. The molecule has 0 atom stereocenters. The highest BCUT2D eigenvalue weighted by atomic mass is 15.3. The van der Waals surface area contributed by atoms with E-state index >= 15 is 0 Å². The fraction of sp³-hybridized carbons (Fsp3) is 0.769. The van der Waals surface area contributed by atoms with Gasteiger partial charge in [0.2, 0.25) is 0 Å². The Bertz CT molecular complexity index is 311. The van der Waals surface area contributed by atoms with Gasteiger partial charge in [-0.3, -0.25) is 4.68 Å². The molecule has 0 aromatic carbocycles. The van der Waals surface area contributed by atoms with E-state index in [1.165, 1.54) is 37.7 Å². The molecule has 2 rings (SSSR count). The summed E-state index contributed by atoms with van der Waals surface area (Å²) in [6, 6.07) is 0.647. The van der Waals surface area contributed by atoms with E-state index in [-0.39, 0.29) is 0 Å². The Labute approximate surface area is 98.2 Å². The van der Waals surface area contributed by atoms with Crippen molar-refractivity contribution >= 4 is 0 Å². The van der Waals surface area contributed by atoms with E-state index in [1.54, 1.807) is 0 Å². The van der Waals surface area contributed by atoms with Crippen molar-refractivity contribution in [3.8, 4) is 0 Å². The minimum absolute atomic E-state index is 0.647. The van der Waals surface area contributed by atoms with Crippen molar-refractivity contribution in [1.29, 1.82) is 0 Å². The summed E-state index contributed by atoms with van der Waals surface area (Å²) in [6.45, 7) is 3.23. The SMILES string of the molecule is CCC1CCC(n2cc(CNC)cn2)CC1. The zero-order chi connectivity index (χ0) is 11.4. The van der Waals surface area contributed by atoms with Crippen LogP contribution in [0.5, 0.6) is 0 Å². The molecule has 1 heterocycles. The highest BCUT2D eigenvalue weighted by molar-refractivity contribution is 5.04. The molecule has 0 spiro atoms. The molecule has 0 saturated heterocycles. The molecule has 1 N–H and O–H groups in total. The second kappa shape index (κ2) is 5.48. The van der Waals surface area contributed by atoms with Crippen LogP contribution in [0.15, 0.2) is 12.4 Å². The molecule has 3 heteroatoms. The third-order valence-corrected chi connectivity index (χ3v) is 3.80. The van der Waals surface area contributed by atoms with E-state index < -0.39 is 0 Å². The molecule has 0 aliphatic heterocycles. The maximum Gasteiger partial charge on any atom is 0.0534 e. The van der Waals surface area contributed by atoms with Crippen molar-refractivity contribution < 1.29 is 0 Å². The Morgan fingerprint density at radius 3 is 2.75 bits per heavy atom. The molecule has 0 bridgehead atoms. The van der Waals surface area contributed by atoms with E-state index in [0.29, 0.717) is 6.04 Å². The second-order valence-electron chi connectivity index (χ2n) is 4.94. The molecule has 1 aliphatic rings. The molecule has 0 amide bonds. The third kappa shape index (κ3) is 2.64. The Morgan fingerprint density at radius 1 is 1.38 bits per heavy atom. The van der Waals surface area contributed by atoms with Crippen molar-refractivity contribution in [3.63, 3.8) is 0 Å². The fourth-order valence-electron chi connectivity index (χ4n) is 2.69. The molecule has 90 valence electrons. The molecule has 1 aliphatic carbocycles. The fourth-order valence-corrected chi connectivity index (χ4v) is 2.69. The predicted octanol–water partition coefficient (Wildman–Crippen LogP) is 2.74. The van der Waals surface area contributed by atoms with Crippen LogP contribution in [0, 0.1) is 5.92 Å². The van der Waals surface area contributed by atoms with Gasteiger partial charge in [0.15, 0.2) is 0 Å². The van der Waals surface area contributed by atoms with E-state index in [2.05, 4.69) is 28.2 Å².